The van der Waals surface area contributed by atoms with Crippen LogP contribution in [0.4, 0.5) is 0 Å². The number of likely N-dealkylation sites (tertiary alicyclic amines) is 1. The first-order valence-corrected chi connectivity index (χ1v) is 8.98. The normalized spacial score (nSPS) is 19.8. The summed E-state index contributed by atoms with van der Waals surface area (Å²) in [7, 11) is 0. The summed E-state index contributed by atoms with van der Waals surface area (Å²) in [5.74, 6) is -0.224. The van der Waals surface area contributed by atoms with Crippen molar-refractivity contribution in [3.05, 3.63) is 66.0 Å². The number of phenols is 1. The molecule has 1 aliphatic rings. The topological polar surface area (TPSA) is 84.1 Å². The van der Waals surface area contributed by atoms with Crippen molar-refractivity contribution in [1.82, 2.24) is 25.1 Å². The van der Waals surface area contributed by atoms with Crippen molar-refractivity contribution in [2.45, 2.75) is 25.2 Å². The van der Waals surface area contributed by atoms with Gasteiger partial charge in [-0.15, -0.1) is 5.10 Å². The minimum atomic E-state index is -0.155. The summed E-state index contributed by atoms with van der Waals surface area (Å²) in [6, 6.07) is 15.2. The summed E-state index contributed by atoms with van der Waals surface area (Å²) in [5.41, 5.74) is 2.05. The maximum atomic E-state index is 13.1. The quantitative estimate of drug-likeness (QED) is 0.773. The molecule has 2 aromatic carbocycles. The summed E-state index contributed by atoms with van der Waals surface area (Å²) in [4.78, 5) is 14.9. The second-order valence-corrected chi connectivity index (χ2v) is 7.21. The molecule has 1 atom stereocenters. The predicted octanol–water partition coefficient (Wildman–Crippen LogP) is 2.56. The molecule has 7 heteroatoms. The van der Waals surface area contributed by atoms with Crippen molar-refractivity contribution < 1.29 is 9.90 Å². The van der Waals surface area contributed by atoms with Gasteiger partial charge in [-0.2, -0.15) is 0 Å². The lowest BCUT2D eigenvalue weighted by Crippen LogP contribution is -2.47. The van der Waals surface area contributed by atoms with Gasteiger partial charge in [0, 0.05) is 24.6 Å². The monoisotopic (exact) mass is 363 g/mol. The highest BCUT2D eigenvalue weighted by molar-refractivity contribution is 5.97. The summed E-state index contributed by atoms with van der Waals surface area (Å²) >= 11 is 0. The minimum absolute atomic E-state index is 0.0695. The van der Waals surface area contributed by atoms with E-state index in [0.29, 0.717) is 24.3 Å². The number of hydrogen-bond donors (Lipinski definition) is 1. The van der Waals surface area contributed by atoms with Gasteiger partial charge in [-0.3, -0.25) is 4.79 Å². The Balaban J connectivity index is 1.57. The molecule has 7 nitrogen and oxygen atoms in total. The van der Waals surface area contributed by atoms with Gasteiger partial charge in [0.2, 0.25) is 0 Å². The van der Waals surface area contributed by atoms with E-state index < -0.39 is 0 Å². The van der Waals surface area contributed by atoms with Crippen LogP contribution < -0.4 is 0 Å². The number of piperidine rings is 1. The molecule has 0 bridgehead atoms. The number of hydrogen-bond acceptors (Lipinski definition) is 5. The average Bonchev–Trinajstić information content (AvgIpc) is 3.23. The first-order chi connectivity index (χ1) is 13.1. The third kappa shape index (κ3) is 3.28. The van der Waals surface area contributed by atoms with Crippen LogP contribution in [0.25, 0.3) is 5.69 Å². The van der Waals surface area contributed by atoms with Gasteiger partial charge < -0.3 is 10.0 Å². The number of phenolic OH excluding ortho intramolecular Hbond substituents is 1. The Morgan fingerprint density at radius 1 is 1.19 bits per heavy atom. The SMILES string of the molecule is C[C@@]1(c2ccccc2)CCCN(C(=O)c2ccc(-n3cnnn3)cc2O)C1. The van der Waals surface area contributed by atoms with Gasteiger partial charge in [0.15, 0.2) is 0 Å². The van der Waals surface area contributed by atoms with Crippen LogP contribution in [-0.2, 0) is 5.41 Å². The van der Waals surface area contributed by atoms with Crippen molar-refractivity contribution in [2.75, 3.05) is 13.1 Å². The number of tetrazole rings is 1. The van der Waals surface area contributed by atoms with E-state index in [0.717, 1.165) is 12.8 Å². The Kier molecular flexibility index (Phi) is 4.35. The molecule has 1 fully saturated rings. The minimum Gasteiger partial charge on any atom is -0.507 e. The lowest BCUT2D eigenvalue weighted by molar-refractivity contribution is 0.0648. The van der Waals surface area contributed by atoms with Crippen LogP contribution in [0.2, 0.25) is 0 Å². The fraction of sp³-hybridized carbons (Fsp3) is 0.300. The van der Waals surface area contributed by atoms with E-state index in [1.807, 2.05) is 23.1 Å². The third-order valence-electron chi connectivity index (χ3n) is 5.28. The largest absolute Gasteiger partial charge is 0.507 e. The van der Waals surface area contributed by atoms with Gasteiger partial charge in [-0.1, -0.05) is 37.3 Å². The molecular weight excluding hydrogens is 342 g/mol. The molecule has 138 valence electrons. The summed E-state index contributed by atoms with van der Waals surface area (Å²) < 4.78 is 1.43. The van der Waals surface area contributed by atoms with Crippen molar-refractivity contribution in [3.63, 3.8) is 0 Å². The number of nitrogens with zero attached hydrogens (tertiary/aromatic N) is 5. The molecule has 4 rings (SSSR count). The van der Waals surface area contributed by atoms with Crippen LogP contribution in [-0.4, -0.2) is 49.2 Å². The zero-order valence-corrected chi connectivity index (χ0v) is 15.1. The average molecular weight is 363 g/mol. The number of amides is 1. The van der Waals surface area contributed by atoms with E-state index in [2.05, 4.69) is 34.6 Å². The highest BCUT2D eigenvalue weighted by atomic mass is 16.3. The summed E-state index contributed by atoms with van der Waals surface area (Å²) in [5, 5.41) is 21.4. The van der Waals surface area contributed by atoms with Gasteiger partial charge in [-0.25, -0.2) is 4.68 Å². The van der Waals surface area contributed by atoms with Crippen LogP contribution in [0, 0.1) is 0 Å². The lowest BCUT2D eigenvalue weighted by atomic mass is 9.76. The van der Waals surface area contributed by atoms with Crippen molar-refractivity contribution >= 4 is 5.91 Å². The van der Waals surface area contributed by atoms with Crippen molar-refractivity contribution in [1.29, 1.82) is 0 Å². The Morgan fingerprint density at radius 2 is 2.00 bits per heavy atom. The molecule has 1 N–H and O–H groups in total. The molecule has 1 amide bonds. The Hall–Kier alpha value is -3.22. The number of carbonyl (C=O) groups is 1. The lowest BCUT2D eigenvalue weighted by Gasteiger charge is -2.41. The van der Waals surface area contributed by atoms with Gasteiger partial charge in [-0.05, 0) is 41.0 Å². The summed E-state index contributed by atoms with van der Waals surface area (Å²) in [6.07, 6.45) is 3.40. The molecule has 3 aromatic rings. The zero-order chi connectivity index (χ0) is 18.9. The highest BCUT2D eigenvalue weighted by Crippen LogP contribution is 2.34. The third-order valence-corrected chi connectivity index (χ3v) is 5.28. The van der Waals surface area contributed by atoms with E-state index >= 15 is 0 Å². The van der Waals surface area contributed by atoms with Crippen LogP contribution in [0.15, 0.2) is 54.9 Å². The zero-order valence-electron chi connectivity index (χ0n) is 15.1. The fourth-order valence-electron chi connectivity index (χ4n) is 3.78. The number of rotatable bonds is 3. The van der Waals surface area contributed by atoms with E-state index in [4.69, 9.17) is 0 Å². The molecule has 1 aliphatic heterocycles. The Bertz CT molecular complexity index is 942. The van der Waals surface area contributed by atoms with Crippen molar-refractivity contribution in [2.24, 2.45) is 0 Å². The summed E-state index contributed by atoms with van der Waals surface area (Å²) in [6.45, 7) is 3.52. The molecule has 0 aliphatic carbocycles. The first-order valence-electron chi connectivity index (χ1n) is 8.98. The molecule has 1 aromatic heterocycles. The maximum Gasteiger partial charge on any atom is 0.257 e. The molecule has 2 heterocycles. The van der Waals surface area contributed by atoms with Crippen LogP contribution >= 0.6 is 0 Å². The van der Waals surface area contributed by atoms with Crippen molar-refractivity contribution in [3.8, 4) is 11.4 Å². The standard InChI is InChI=1S/C20H21N5O2/c1-20(15-6-3-2-4-7-15)10-5-11-24(13-20)19(27)17-9-8-16(12-18(17)26)25-14-21-22-23-25/h2-4,6-9,12,14,26H,5,10-11,13H2,1H3/t20-/m1/s1. The van der Waals surface area contributed by atoms with E-state index in [1.54, 1.807) is 12.1 Å². The molecule has 0 unspecified atom stereocenters. The highest BCUT2D eigenvalue weighted by Gasteiger charge is 2.35. The van der Waals surface area contributed by atoms with Gasteiger partial charge in [0.05, 0.1) is 11.3 Å². The number of benzene rings is 2. The van der Waals surface area contributed by atoms with Gasteiger partial charge in [0.1, 0.15) is 12.1 Å². The fourth-order valence-corrected chi connectivity index (χ4v) is 3.78. The molecule has 0 spiro atoms. The number of carbonyl (C=O) groups excluding carboxylic acids is 1. The molecule has 0 radical (unpaired) electrons. The second-order valence-electron chi connectivity index (χ2n) is 7.21. The maximum absolute atomic E-state index is 13.1. The second kappa shape index (κ2) is 6.83. The van der Waals surface area contributed by atoms with Gasteiger partial charge in [0.25, 0.3) is 5.91 Å². The van der Waals surface area contributed by atoms with Crippen LogP contribution in [0.1, 0.15) is 35.7 Å². The number of aromatic nitrogens is 4. The molecule has 27 heavy (non-hydrogen) atoms. The predicted molar refractivity (Wildman–Crippen MR) is 99.8 cm³/mol. The van der Waals surface area contributed by atoms with E-state index in [1.165, 1.54) is 22.6 Å². The van der Waals surface area contributed by atoms with E-state index in [-0.39, 0.29) is 17.1 Å². The van der Waals surface area contributed by atoms with E-state index in [9.17, 15) is 9.90 Å². The molecule has 0 saturated carbocycles. The van der Waals surface area contributed by atoms with Crippen LogP contribution in [0.5, 0.6) is 5.75 Å². The molecular formula is C20H21N5O2. The van der Waals surface area contributed by atoms with Crippen LogP contribution in [0.3, 0.4) is 0 Å². The Morgan fingerprint density at radius 3 is 2.70 bits per heavy atom. The first kappa shape index (κ1) is 17.2. The Labute approximate surface area is 157 Å². The number of aromatic hydroxyl groups is 1. The molecule has 1 saturated heterocycles. The smallest absolute Gasteiger partial charge is 0.257 e. The van der Waals surface area contributed by atoms with Gasteiger partial charge >= 0.3 is 0 Å².